The highest BCUT2D eigenvalue weighted by atomic mass is 16.5. The normalized spacial score (nSPS) is 18.4. The summed E-state index contributed by atoms with van der Waals surface area (Å²) in [6, 6.07) is 20.8. The summed E-state index contributed by atoms with van der Waals surface area (Å²) in [5.41, 5.74) is 9.21. The fourth-order valence-corrected chi connectivity index (χ4v) is 4.58. The van der Waals surface area contributed by atoms with Gasteiger partial charge in [0.15, 0.2) is 0 Å². The highest BCUT2D eigenvalue weighted by Crippen LogP contribution is 2.41. The number of ether oxygens (including phenoxy) is 2. The molecule has 4 nitrogen and oxygen atoms in total. The molecule has 1 aliphatic rings. The monoisotopic (exact) mass is 403 g/mol. The number of rotatable bonds is 7. The summed E-state index contributed by atoms with van der Waals surface area (Å²) in [4.78, 5) is 11.5. The molecule has 3 aromatic rings. The maximum absolute atomic E-state index is 11.5. The lowest BCUT2D eigenvalue weighted by Crippen LogP contribution is -2.16. The predicted molar refractivity (Wildman–Crippen MR) is 121 cm³/mol. The summed E-state index contributed by atoms with van der Waals surface area (Å²) < 4.78 is 11.0. The first-order chi connectivity index (χ1) is 14.6. The Morgan fingerprint density at radius 3 is 2.73 bits per heavy atom. The van der Waals surface area contributed by atoms with Gasteiger partial charge in [-0.2, -0.15) is 0 Å². The molecule has 0 radical (unpaired) electrons. The number of carbonyl (C=O) groups excluding carboxylic acids is 1. The van der Waals surface area contributed by atoms with Crippen LogP contribution in [-0.2, 0) is 16.0 Å². The molecule has 0 spiro atoms. The third-order valence-electron chi connectivity index (χ3n) is 6.23. The van der Waals surface area contributed by atoms with Gasteiger partial charge in [-0.1, -0.05) is 48.9 Å². The number of carbonyl (C=O) groups is 1. The lowest BCUT2D eigenvalue weighted by Gasteiger charge is -2.22. The molecule has 30 heavy (non-hydrogen) atoms. The average molecular weight is 404 g/mol. The second kappa shape index (κ2) is 9.21. The first kappa shape index (κ1) is 20.3. The van der Waals surface area contributed by atoms with Gasteiger partial charge in [-0.15, -0.1) is 0 Å². The van der Waals surface area contributed by atoms with Crippen LogP contribution in [0.25, 0.3) is 10.8 Å². The summed E-state index contributed by atoms with van der Waals surface area (Å²) in [5, 5.41) is 2.42. The molecule has 0 heterocycles. The Bertz CT molecular complexity index is 1030. The number of aryl methyl sites for hydroxylation is 1. The van der Waals surface area contributed by atoms with Gasteiger partial charge < -0.3 is 15.2 Å². The fraction of sp³-hybridized carbons (Fsp3) is 0.346. The topological polar surface area (TPSA) is 61.5 Å². The van der Waals surface area contributed by atoms with E-state index in [1.54, 1.807) is 0 Å². The lowest BCUT2D eigenvalue weighted by molar-refractivity contribution is -0.140. The van der Waals surface area contributed by atoms with E-state index in [2.05, 4.69) is 30.3 Å². The van der Waals surface area contributed by atoms with Gasteiger partial charge in [-0.05, 0) is 71.2 Å². The van der Waals surface area contributed by atoms with Crippen LogP contribution >= 0.6 is 0 Å². The minimum Gasteiger partial charge on any atom is -0.493 e. The molecule has 0 amide bonds. The minimum atomic E-state index is -0.197. The van der Waals surface area contributed by atoms with Crippen molar-refractivity contribution in [2.24, 2.45) is 5.92 Å². The SMILES string of the molecule is COC(=O)CCc1ccccc1OCC1CCCC1c1ccc2ccc(N)cc2c1. The first-order valence-electron chi connectivity index (χ1n) is 10.7. The Balaban J connectivity index is 1.46. The number of hydrogen-bond acceptors (Lipinski definition) is 4. The Labute approximate surface area is 178 Å². The first-order valence-corrected chi connectivity index (χ1v) is 10.7. The van der Waals surface area contributed by atoms with E-state index in [4.69, 9.17) is 15.2 Å². The van der Waals surface area contributed by atoms with E-state index in [-0.39, 0.29) is 5.97 Å². The van der Waals surface area contributed by atoms with Gasteiger partial charge >= 0.3 is 5.97 Å². The van der Waals surface area contributed by atoms with Crippen LogP contribution in [0.4, 0.5) is 5.69 Å². The van der Waals surface area contributed by atoms with Crippen LogP contribution in [0.2, 0.25) is 0 Å². The van der Waals surface area contributed by atoms with E-state index in [1.165, 1.54) is 42.7 Å². The zero-order valence-electron chi connectivity index (χ0n) is 17.5. The summed E-state index contributed by atoms with van der Waals surface area (Å²) in [6.07, 6.45) is 4.57. The number of fused-ring (bicyclic) bond motifs is 1. The Morgan fingerprint density at radius 1 is 1.03 bits per heavy atom. The summed E-state index contributed by atoms with van der Waals surface area (Å²) in [6.45, 7) is 0.689. The van der Waals surface area contributed by atoms with Crippen LogP contribution in [-0.4, -0.2) is 19.7 Å². The molecule has 1 saturated carbocycles. The Hall–Kier alpha value is -3.01. The lowest BCUT2D eigenvalue weighted by atomic mass is 9.88. The zero-order chi connectivity index (χ0) is 20.9. The molecule has 0 aliphatic heterocycles. The molecule has 4 heteroatoms. The third kappa shape index (κ3) is 4.59. The number of nitrogens with two attached hydrogens (primary N) is 1. The molecule has 2 unspecified atom stereocenters. The summed E-state index contributed by atoms with van der Waals surface area (Å²) >= 11 is 0. The number of hydrogen-bond donors (Lipinski definition) is 1. The minimum absolute atomic E-state index is 0.197. The van der Waals surface area contributed by atoms with Crippen molar-refractivity contribution >= 4 is 22.4 Å². The highest BCUT2D eigenvalue weighted by molar-refractivity contribution is 5.86. The van der Waals surface area contributed by atoms with Gasteiger partial charge in [0.2, 0.25) is 0 Å². The van der Waals surface area contributed by atoms with Crippen LogP contribution in [0.5, 0.6) is 5.75 Å². The number of benzene rings is 3. The van der Waals surface area contributed by atoms with Crippen molar-refractivity contribution in [2.45, 2.75) is 38.0 Å². The van der Waals surface area contributed by atoms with Crippen molar-refractivity contribution in [3.05, 3.63) is 71.8 Å². The van der Waals surface area contributed by atoms with Gasteiger partial charge in [0, 0.05) is 12.1 Å². The molecule has 0 aromatic heterocycles. The predicted octanol–water partition coefficient (Wildman–Crippen LogP) is 5.49. The smallest absolute Gasteiger partial charge is 0.305 e. The van der Waals surface area contributed by atoms with Crippen LogP contribution in [0.3, 0.4) is 0 Å². The molecular formula is C26H29NO3. The van der Waals surface area contributed by atoms with E-state index in [1.807, 2.05) is 30.3 Å². The standard InChI is InChI=1S/C26H29NO3/c1-29-26(28)14-12-19-5-2-3-8-25(19)30-17-21-6-4-7-24(21)20-10-9-18-11-13-23(27)16-22(18)15-20/h2-3,5,8-11,13,15-16,21,24H,4,6-7,12,14,17,27H2,1H3. The quantitative estimate of drug-likeness (QED) is 0.418. The van der Waals surface area contributed by atoms with Crippen molar-refractivity contribution in [1.82, 2.24) is 0 Å². The van der Waals surface area contributed by atoms with Crippen molar-refractivity contribution in [1.29, 1.82) is 0 Å². The van der Waals surface area contributed by atoms with Crippen molar-refractivity contribution in [3.8, 4) is 5.75 Å². The molecule has 2 N–H and O–H groups in total. The van der Waals surface area contributed by atoms with Gasteiger partial charge in [0.25, 0.3) is 0 Å². The highest BCUT2D eigenvalue weighted by Gasteiger charge is 2.29. The molecule has 4 rings (SSSR count). The number of nitrogen functional groups attached to an aromatic ring is 1. The van der Waals surface area contributed by atoms with Crippen molar-refractivity contribution in [3.63, 3.8) is 0 Å². The molecule has 1 fully saturated rings. The van der Waals surface area contributed by atoms with Crippen LogP contribution in [0.1, 0.15) is 42.7 Å². The molecule has 0 bridgehead atoms. The number of methoxy groups -OCH3 is 1. The van der Waals surface area contributed by atoms with Crippen molar-refractivity contribution in [2.75, 3.05) is 19.5 Å². The third-order valence-corrected chi connectivity index (χ3v) is 6.23. The number of anilines is 1. The molecule has 3 aromatic carbocycles. The fourth-order valence-electron chi connectivity index (χ4n) is 4.58. The van der Waals surface area contributed by atoms with Gasteiger partial charge in [-0.3, -0.25) is 4.79 Å². The van der Waals surface area contributed by atoms with Crippen LogP contribution in [0.15, 0.2) is 60.7 Å². The van der Waals surface area contributed by atoms with E-state index in [0.717, 1.165) is 17.0 Å². The number of para-hydroxylation sites is 1. The number of esters is 1. The van der Waals surface area contributed by atoms with Crippen molar-refractivity contribution < 1.29 is 14.3 Å². The maximum atomic E-state index is 11.5. The van der Waals surface area contributed by atoms with E-state index >= 15 is 0 Å². The van der Waals surface area contributed by atoms with E-state index < -0.39 is 0 Å². The molecule has 0 saturated heterocycles. The molecule has 1 aliphatic carbocycles. The van der Waals surface area contributed by atoms with Crippen LogP contribution in [0, 0.1) is 5.92 Å². The molecular weight excluding hydrogens is 374 g/mol. The maximum Gasteiger partial charge on any atom is 0.305 e. The Morgan fingerprint density at radius 2 is 1.87 bits per heavy atom. The van der Waals surface area contributed by atoms with Gasteiger partial charge in [0.1, 0.15) is 5.75 Å². The van der Waals surface area contributed by atoms with Crippen LogP contribution < -0.4 is 10.5 Å². The van der Waals surface area contributed by atoms with Gasteiger partial charge in [-0.25, -0.2) is 0 Å². The second-order valence-electron chi connectivity index (χ2n) is 8.16. The zero-order valence-corrected chi connectivity index (χ0v) is 17.5. The summed E-state index contributed by atoms with van der Waals surface area (Å²) in [5.74, 6) is 1.66. The second-order valence-corrected chi connectivity index (χ2v) is 8.16. The largest absolute Gasteiger partial charge is 0.493 e. The molecule has 2 atom stereocenters. The summed E-state index contributed by atoms with van der Waals surface area (Å²) in [7, 11) is 1.42. The van der Waals surface area contributed by atoms with E-state index in [9.17, 15) is 4.79 Å². The average Bonchev–Trinajstić information content (AvgIpc) is 3.24. The Kier molecular flexibility index (Phi) is 6.22. The molecule has 156 valence electrons. The van der Waals surface area contributed by atoms with E-state index in [0.29, 0.717) is 31.3 Å². The van der Waals surface area contributed by atoms with Gasteiger partial charge in [0.05, 0.1) is 13.7 Å².